The van der Waals surface area contributed by atoms with Gasteiger partial charge in [-0.3, -0.25) is 0 Å². The standard InChI is InChI=1S/C12H18N4S/c1-3-12(2,5-6-13)16-10-9-4-7-17-11(9)15-8-14-10/h4,7-8H,3,5-6,13H2,1-2H3,(H,14,15,16). The summed E-state index contributed by atoms with van der Waals surface area (Å²) < 4.78 is 0. The highest BCUT2D eigenvalue weighted by Crippen LogP contribution is 2.27. The van der Waals surface area contributed by atoms with Gasteiger partial charge < -0.3 is 11.1 Å². The third-order valence-electron chi connectivity index (χ3n) is 3.16. The highest BCUT2D eigenvalue weighted by atomic mass is 32.1. The quantitative estimate of drug-likeness (QED) is 0.856. The van der Waals surface area contributed by atoms with Gasteiger partial charge in [0.05, 0.1) is 5.39 Å². The summed E-state index contributed by atoms with van der Waals surface area (Å²) in [5, 5.41) is 6.64. The first-order valence-electron chi connectivity index (χ1n) is 5.85. The van der Waals surface area contributed by atoms with Gasteiger partial charge in [-0.05, 0) is 37.8 Å². The minimum atomic E-state index is -0.00201. The smallest absolute Gasteiger partial charge is 0.138 e. The highest BCUT2D eigenvalue weighted by molar-refractivity contribution is 7.16. The first kappa shape index (κ1) is 12.3. The monoisotopic (exact) mass is 250 g/mol. The van der Waals surface area contributed by atoms with Crippen LogP contribution in [0.4, 0.5) is 5.82 Å². The minimum Gasteiger partial charge on any atom is -0.364 e. The molecule has 2 rings (SSSR count). The molecule has 3 N–H and O–H groups in total. The zero-order valence-corrected chi connectivity index (χ0v) is 11.0. The van der Waals surface area contributed by atoms with E-state index in [1.807, 2.05) is 5.38 Å². The average molecular weight is 250 g/mol. The molecule has 5 heteroatoms. The Bertz CT molecular complexity index is 496. The van der Waals surface area contributed by atoms with E-state index >= 15 is 0 Å². The molecule has 0 aliphatic carbocycles. The number of nitrogens with one attached hydrogen (secondary N) is 1. The SMILES string of the molecule is CCC(C)(CCN)Nc1ncnc2sccc12. The van der Waals surface area contributed by atoms with E-state index < -0.39 is 0 Å². The third-order valence-corrected chi connectivity index (χ3v) is 3.98. The molecule has 2 aromatic rings. The van der Waals surface area contributed by atoms with E-state index in [1.165, 1.54) is 0 Å². The molecule has 17 heavy (non-hydrogen) atoms. The molecule has 0 bridgehead atoms. The summed E-state index contributed by atoms with van der Waals surface area (Å²) in [6, 6.07) is 2.06. The highest BCUT2D eigenvalue weighted by Gasteiger charge is 2.22. The van der Waals surface area contributed by atoms with Gasteiger partial charge in [0.25, 0.3) is 0 Å². The lowest BCUT2D eigenvalue weighted by atomic mass is 9.94. The van der Waals surface area contributed by atoms with Crippen molar-refractivity contribution in [3.8, 4) is 0 Å². The Morgan fingerprint density at radius 3 is 3.00 bits per heavy atom. The molecule has 2 aromatic heterocycles. The van der Waals surface area contributed by atoms with Crippen LogP contribution in [-0.2, 0) is 0 Å². The van der Waals surface area contributed by atoms with Crippen molar-refractivity contribution in [1.82, 2.24) is 9.97 Å². The van der Waals surface area contributed by atoms with Crippen LogP contribution in [0.5, 0.6) is 0 Å². The second-order valence-electron chi connectivity index (χ2n) is 4.44. The Kier molecular flexibility index (Phi) is 3.59. The Labute approximate surface area is 105 Å². The molecule has 92 valence electrons. The first-order valence-corrected chi connectivity index (χ1v) is 6.73. The molecule has 0 saturated heterocycles. The number of nitrogens with zero attached hydrogens (tertiary/aromatic N) is 2. The molecule has 0 aromatic carbocycles. The molecule has 4 nitrogen and oxygen atoms in total. The fourth-order valence-corrected chi connectivity index (χ4v) is 2.55. The Morgan fingerprint density at radius 2 is 2.29 bits per heavy atom. The van der Waals surface area contributed by atoms with Gasteiger partial charge in [-0.25, -0.2) is 9.97 Å². The van der Waals surface area contributed by atoms with E-state index in [0.29, 0.717) is 6.54 Å². The van der Waals surface area contributed by atoms with E-state index in [0.717, 1.165) is 28.9 Å². The lowest BCUT2D eigenvalue weighted by Crippen LogP contribution is -2.36. The van der Waals surface area contributed by atoms with E-state index in [4.69, 9.17) is 5.73 Å². The van der Waals surface area contributed by atoms with Crippen LogP contribution in [0.25, 0.3) is 10.2 Å². The van der Waals surface area contributed by atoms with Gasteiger partial charge in [0.15, 0.2) is 0 Å². The minimum absolute atomic E-state index is 0.00201. The fourth-order valence-electron chi connectivity index (χ4n) is 1.82. The number of hydrogen-bond acceptors (Lipinski definition) is 5. The predicted molar refractivity (Wildman–Crippen MR) is 73.4 cm³/mol. The van der Waals surface area contributed by atoms with Crippen molar-refractivity contribution in [2.75, 3.05) is 11.9 Å². The predicted octanol–water partition coefficient (Wildman–Crippen LogP) is 2.62. The number of rotatable bonds is 5. The number of fused-ring (bicyclic) bond motifs is 1. The summed E-state index contributed by atoms with van der Waals surface area (Å²) in [6.07, 6.45) is 3.55. The number of hydrogen-bond donors (Lipinski definition) is 2. The van der Waals surface area contributed by atoms with Gasteiger partial charge in [0.2, 0.25) is 0 Å². The largest absolute Gasteiger partial charge is 0.364 e. The van der Waals surface area contributed by atoms with Crippen LogP contribution in [0.3, 0.4) is 0 Å². The van der Waals surface area contributed by atoms with Crippen molar-refractivity contribution in [1.29, 1.82) is 0 Å². The Morgan fingerprint density at radius 1 is 1.47 bits per heavy atom. The maximum absolute atomic E-state index is 5.67. The maximum atomic E-state index is 5.67. The third kappa shape index (κ3) is 2.56. The van der Waals surface area contributed by atoms with Gasteiger partial charge in [-0.1, -0.05) is 6.92 Å². The van der Waals surface area contributed by atoms with Crippen molar-refractivity contribution in [2.24, 2.45) is 5.73 Å². The van der Waals surface area contributed by atoms with E-state index in [9.17, 15) is 0 Å². The molecule has 1 atom stereocenters. The first-order chi connectivity index (χ1) is 8.18. The summed E-state index contributed by atoms with van der Waals surface area (Å²) >= 11 is 1.63. The topological polar surface area (TPSA) is 63.8 Å². The molecule has 0 fully saturated rings. The summed E-state index contributed by atoms with van der Waals surface area (Å²) in [5.74, 6) is 0.911. The second-order valence-corrected chi connectivity index (χ2v) is 5.33. The maximum Gasteiger partial charge on any atom is 0.138 e. The van der Waals surface area contributed by atoms with Gasteiger partial charge >= 0.3 is 0 Å². The van der Waals surface area contributed by atoms with Crippen LogP contribution in [-0.4, -0.2) is 22.1 Å². The zero-order chi connectivity index (χ0) is 12.3. The van der Waals surface area contributed by atoms with Crippen molar-refractivity contribution < 1.29 is 0 Å². The van der Waals surface area contributed by atoms with E-state index in [1.54, 1.807) is 17.7 Å². The Balaban J connectivity index is 2.31. The van der Waals surface area contributed by atoms with Crippen molar-refractivity contribution in [3.63, 3.8) is 0 Å². The molecule has 0 aliphatic rings. The van der Waals surface area contributed by atoms with Crippen molar-refractivity contribution in [3.05, 3.63) is 17.8 Å². The zero-order valence-electron chi connectivity index (χ0n) is 10.2. The summed E-state index contributed by atoms with van der Waals surface area (Å²) in [6.45, 7) is 5.02. The van der Waals surface area contributed by atoms with Gasteiger partial charge in [0, 0.05) is 5.54 Å². The normalized spacial score (nSPS) is 14.8. The molecule has 0 saturated carbocycles. The van der Waals surface area contributed by atoms with E-state index in [2.05, 4.69) is 35.2 Å². The number of nitrogens with two attached hydrogens (primary N) is 1. The van der Waals surface area contributed by atoms with Gasteiger partial charge in [-0.15, -0.1) is 11.3 Å². The summed E-state index contributed by atoms with van der Waals surface area (Å²) in [5.41, 5.74) is 5.66. The molecule has 0 amide bonds. The molecular weight excluding hydrogens is 232 g/mol. The van der Waals surface area contributed by atoms with Crippen LogP contribution in [0, 0.1) is 0 Å². The molecule has 0 aliphatic heterocycles. The van der Waals surface area contributed by atoms with Gasteiger partial charge in [-0.2, -0.15) is 0 Å². The van der Waals surface area contributed by atoms with Crippen LogP contribution in [0.1, 0.15) is 26.7 Å². The molecule has 0 radical (unpaired) electrons. The summed E-state index contributed by atoms with van der Waals surface area (Å²) in [7, 11) is 0. The van der Waals surface area contributed by atoms with E-state index in [-0.39, 0.29) is 5.54 Å². The van der Waals surface area contributed by atoms with Crippen molar-refractivity contribution >= 4 is 27.4 Å². The molecule has 0 spiro atoms. The fraction of sp³-hybridized carbons (Fsp3) is 0.500. The lowest BCUT2D eigenvalue weighted by Gasteiger charge is -2.30. The van der Waals surface area contributed by atoms with Gasteiger partial charge in [0.1, 0.15) is 17.0 Å². The number of anilines is 1. The molecular formula is C12H18N4S. The molecule has 2 heterocycles. The van der Waals surface area contributed by atoms with Crippen LogP contribution in [0.15, 0.2) is 17.8 Å². The average Bonchev–Trinajstić information content (AvgIpc) is 2.78. The number of thiophene rings is 1. The van der Waals surface area contributed by atoms with Crippen molar-refractivity contribution in [2.45, 2.75) is 32.2 Å². The van der Waals surface area contributed by atoms with Crippen LogP contribution >= 0.6 is 11.3 Å². The van der Waals surface area contributed by atoms with Crippen LogP contribution in [0.2, 0.25) is 0 Å². The van der Waals surface area contributed by atoms with Crippen LogP contribution < -0.4 is 11.1 Å². The number of aromatic nitrogens is 2. The lowest BCUT2D eigenvalue weighted by molar-refractivity contribution is 0.462. The molecule has 1 unspecified atom stereocenters. The summed E-state index contributed by atoms with van der Waals surface area (Å²) in [4.78, 5) is 9.61. The Hall–Kier alpha value is -1.20. The second kappa shape index (κ2) is 4.98.